The second-order valence-electron chi connectivity index (χ2n) is 10.8. The molecular weight excluding hydrogens is 466 g/mol. The van der Waals surface area contributed by atoms with Gasteiger partial charge in [-0.25, -0.2) is 4.98 Å². The van der Waals surface area contributed by atoms with Crippen molar-refractivity contribution in [2.45, 2.75) is 51.0 Å². The van der Waals surface area contributed by atoms with Crippen molar-refractivity contribution in [2.24, 2.45) is 17.8 Å². The van der Waals surface area contributed by atoms with Gasteiger partial charge in [-0.15, -0.1) is 10.2 Å². The number of anilines is 4. The van der Waals surface area contributed by atoms with E-state index >= 15 is 0 Å². The van der Waals surface area contributed by atoms with Crippen LogP contribution in [-0.4, -0.2) is 27.8 Å². The molecule has 4 fully saturated rings. The first-order valence-corrected chi connectivity index (χ1v) is 12.8. The van der Waals surface area contributed by atoms with E-state index in [0.717, 1.165) is 48.3 Å². The molecule has 1 aromatic carbocycles. The molecule has 4 aliphatic carbocycles. The number of rotatable bonds is 7. The quantitative estimate of drug-likeness (QED) is 0.385. The van der Waals surface area contributed by atoms with Crippen molar-refractivity contribution >= 4 is 35.2 Å². The van der Waals surface area contributed by atoms with Gasteiger partial charge >= 0.3 is 0 Å². The van der Waals surface area contributed by atoms with Crippen LogP contribution in [0.4, 0.5) is 23.0 Å². The van der Waals surface area contributed by atoms with Gasteiger partial charge in [-0.3, -0.25) is 0 Å². The third-order valence-corrected chi connectivity index (χ3v) is 8.04. The fourth-order valence-corrected chi connectivity index (χ4v) is 6.97. The van der Waals surface area contributed by atoms with Gasteiger partial charge in [-0.2, -0.15) is 5.26 Å². The van der Waals surface area contributed by atoms with Crippen LogP contribution < -0.4 is 21.1 Å². The smallest absolute Gasteiger partial charge is 0.240 e. The monoisotopic (exact) mass is 497 g/mol. The summed E-state index contributed by atoms with van der Waals surface area (Å²) >= 11 is 0. The average Bonchev–Trinajstić information content (AvgIpc) is 3.27. The maximum absolute atomic E-state index is 9.86. The highest BCUT2D eigenvalue weighted by Crippen LogP contribution is 2.56. The van der Waals surface area contributed by atoms with E-state index in [1.165, 1.54) is 19.3 Å². The second-order valence-corrected chi connectivity index (χ2v) is 10.8. The Morgan fingerprint density at radius 2 is 1.84 bits per heavy atom. The molecule has 0 saturated heterocycles. The molecule has 9 heteroatoms. The summed E-state index contributed by atoms with van der Waals surface area (Å²) in [4.78, 5) is 4.82. The Balaban J connectivity index is 1.25. The Hall–Kier alpha value is -4.06. The fraction of sp³-hybridized carbons (Fsp3) is 0.429. The lowest BCUT2D eigenvalue weighted by Gasteiger charge is -2.57. The van der Waals surface area contributed by atoms with Crippen molar-refractivity contribution in [1.82, 2.24) is 15.2 Å². The summed E-state index contributed by atoms with van der Waals surface area (Å²) in [5.41, 5.74) is 8.83. The molecule has 0 atom stereocenters. The summed E-state index contributed by atoms with van der Waals surface area (Å²) < 4.78 is 11.0. The van der Waals surface area contributed by atoms with Crippen molar-refractivity contribution < 1.29 is 9.15 Å². The Morgan fingerprint density at radius 1 is 1.11 bits per heavy atom. The largest absolute Gasteiger partial charge is 0.496 e. The Kier molecular flexibility index (Phi) is 5.75. The predicted molar refractivity (Wildman–Crippen MR) is 142 cm³/mol. The number of nitrogens with two attached hydrogens (primary N) is 1. The average molecular weight is 498 g/mol. The zero-order chi connectivity index (χ0) is 25.6. The van der Waals surface area contributed by atoms with Crippen molar-refractivity contribution in [2.75, 3.05) is 23.5 Å². The zero-order valence-corrected chi connectivity index (χ0v) is 21.1. The topological polar surface area (TPSA) is 135 Å². The summed E-state index contributed by atoms with van der Waals surface area (Å²) in [6, 6.07) is 9.74. The van der Waals surface area contributed by atoms with Crippen LogP contribution in [0.15, 0.2) is 28.7 Å². The van der Waals surface area contributed by atoms with E-state index in [0.29, 0.717) is 40.4 Å². The van der Waals surface area contributed by atoms with Gasteiger partial charge in [0.25, 0.3) is 0 Å². The van der Waals surface area contributed by atoms with E-state index in [1.54, 1.807) is 26.2 Å². The molecule has 0 unspecified atom stereocenters. The highest BCUT2D eigenvalue weighted by molar-refractivity contribution is 5.75. The molecule has 190 valence electrons. The van der Waals surface area contributed by atoms with E-state index in [9.17, 15) is 5.26 Å². The lowest BCUT2D eigenvalue weighted by atomic mass is 9.53. The molecular formula is C28H31N7O2. The lowest BCUT2D eigenvalue weighted by Crippen LogP contribution is -2.55. The first kappa shape index (κ1) is 23.3. The number of benzene rings is 1. The third kappa shape index (κ3) is 4.59. The number of aromatic nitrogens is 3. The number of aryl methyl sites for hydroxylation is 1. The number of nitriles is 1. The van der Waals surface area contributed by atoms with Crippen LogP contribution in [0.3, 0.4) is 0 Å². The van der Waals surface area contributed by atoms with Crippen molar-refractivity contribution in [1.29, 1.82) is 5.26 Å². The van der Waals surface area contributed by atoms with Gasteiger partial charge in [-0.05, 0) is 74.5 Å². The molecule has 0 aliphatic heterocycles. The molecule has 3 aromatic rings. The van der Waals surface area contributed by atoms with Crippen molar-refractivity contribution in [3.8, 4) is 11.8 Å². The zero-order valence-electron chi connectivity index (χ0n) is 21.1. The van der Waals surface area contributed by atoms with Gasteiger partial charge in [0.2, 0.25) is 11.8 Å². The van der Waals surface area contributed by atoms with Crippen LogP contribution in [-0.2, 0) is 0 Å². The van der Waals surface area contributed by atoms with Crippen molar-refractivity contribution in [3.05, 3.63) is 47.2 Å². The second kappa shape index (κ2) is 9.11. The molecule has 37 heavy (non-hydrogen) atoms. The van der Waals surface area contributed by atoms with Gasteiger partial charge < -0.3 is 25.5 Å². The van der Waals surface area contributed by atoms with Gasteiger partial charge in [0.05, 0.1) is 12.8 Å². The molecule has 0 spiro atoms. The molecule has 4 saturated carbocycles. The van der Waals surface area contributed by atoms with Gasteiger partial charge in [0.1, 0.15) is 29.0 Å². The first-order chi connectivity index (χ1) is 17.9. The summed E-state index contributed by atoms with van der Waals surface area (Å²) in [5, 5.41) is 24.7. The Morgan fingerprint density at radius 3 is 2.46 bits per heavy atom. The minimum absolute atomic E-state index is 0.0204. The number of ether oxygens (including phenoxy) is 1. The molecule has 0 radical (unpaired) electrons. The van der Waals surface area contributed by atoms with Gasteiger partial charge in [0, 0.05) is 41.9 Å². The molecule has 2 heterocycles. The molecule has 9 nitrogen and oxygen atoms in total. The summed E-state index contributed by atoms with van der Waals surface area (Å²) in [7, 11) is 1.62. The summed E-state index contributed by atoms with van der Waals surface area (Å²) in [5.74, 6) is 5.12. The number of nitrogen functional groups attached to an aromatic ring is 1. The molecule has 4 N–H and O–H groups in total. The molecule has 4 aliphatic rings. The SMILES string of the molecule is COc1cc(Nc2cc(N)c(C#N)c(NC34CC5CC(CC(C5)C3)C4)n2)ccc1/C=C/c1nnc(C)o1. The van der Waals surface area contributed by atoms with E-state index in [2.05, 4.69) is 26.9 Å². The highest BCUT2D eigenvalue weighted by atomic mass is 16.5. The van der Waals surface area contributed by atoms with E-state index in [1.807, 2.05) is 24.3 Å². The lowest BCUT2D eigenvalue weighted by molar-refractivity contribution is 0.0105. The minimum atomic E-state index is 0.0204. The predicted octanol–water partition coefficient (Wildman–Crippen LogP) is 5.53. The Bertz CT molecular complexity index is 1370. The standard InChI is InChI=1S/C28H31N7O2/c1-16-34-35-26(37-16)6-4-20-3-5-21(10-24(20)36-2)31-25-11-23(30)22(15-29)27(32-25)33-28-12-17-7-18(13-28)9-19(8-17)14-28/h3-6,10-11,17-19H,7-9,12-14H2,1-2H3,(H4,30,31,32,33)/b6-4+. The molecule has 0 amide bonds. The third-order valence-electron chi connectivity index (χ3n) is 8.04. The maximum atomic E-state index is 9.86. The Labute approximate surface area is 216 Å². The van der Waals surface area contributed by atoms with Crippen LogP contribution in [0.5, 0.6) is 5.75 Å². The van der Waals surface area contributed by atoms with E-state index in [-0.39, 0.29) is 5.54 Å². The minimum Gasteiger partial charge on any atom is -0.496 e. The van der Waals surface area contributed by atoms with Crippen LogP contribution in [0, 0.1) is 36.0 Å². The summed E-state index contributed by atoms with van der Waals surface area (Å²) in [6.45, 7) is 1.75. The number of hydrogen-bond acceptors (Lipinski definition) is 9. The maximum Gasteiger partial charge on any atom is 0.240 e. The number of pyridine rings is 1. The number of nitrogens with one attached hydrogen (secondary N) is 2. The van der Waals surface area contributed by atoms with Crippen LogP contribution in [0.1, 0.15) is 61.4 Å². The van der Waals surface area contributed by atoms with Gasteiger partial charge in [-0.1, -0.05) is 0 Å². The number of nitrogens with zero attached hydrogens (tertiary/aromatic N) is 4. The normalized spacial score (nSPS) is 25.8. The van der Waals surface area contributed by atoms with Gasteiger partial charge in [0.15, 0.2) is 0 Å². The number of hydrogen-bond donors (Lipinski definition) is 3. The van der Waals surface area contributed by atoms with Crippen LogP contribution in [0.2, 0.25) is 0 Å². The molecule has 2 aromatic heterocycles. The van der Waals surface area contributed by atoms with Crippen molar-refractivity contribution in [3.63, 3.8) is 0 Å². The molecule has 7 rings (SSSR count). The first-order valence-electron chi connectivity index (χ1n) is 12.8. The summed E-state index contributed by atoms with van der Waals surface area (Å²) in [6.07, 6.45) is 11.1. The van der Waals surface area contributed by atoms with Crippen LogP contribution in [0.25, 0.3) is 12.2 Å². The van der Waals surface area contributed by atoms with E-state index in [4.69, 9.17) is 19.9 Å². The fourth-order valence-electron chi connectivity index (χ4n) is 6.97. The number of methoxy groups -OCH3 is 1. The van der Waals surface area contributed by atoms with Crippen LogP contribution >= 0.6 is 0 Å². The highest BCUT2D eigenvalue weighted by Gasteiger charge is 2.51. The van der Waals surface area contributed by atoms with E-state index < -0.39 is 0 Å². The molecule has 4 bridgehead atoms.